The van der Waals surface area contributed by atoms with Crippen LogP contribution in [0.2, 0.25) is 18.8 Å². The van der Waals surface area contributed by atoms with Crippen molar-refractivity contribution in [3.05, 3.63) is 0 Å². The first-order chi connectivity index (χ1) is 7.95. The minimum absolute atomic E-state index is 0.628. The summed E-state index contributed by atoms with van der Waals surface area (Å²) >= 11 is 0. The molecule has 0 fully saturated rings. The summed E-state index contributed by atoms with van der Waals surface area (Å²) in [5.74, 6) is 0. The lowest BCUT2D eigenvalue weighted by atomic mass is 10.9. The first-order valence-electron chi connectivity index (χ1n) is 6.51. The van der Waals surface area contributed by atoms with E-state index in [0.717, 1.165) is 12.3 Å². The maximum atomic E-state index is 5.86. The van der Waals surface area contributed by atoms with Gasteiger partial charge in [-0.3, -0.25) is 0 Å². The molecule has 0 radical (unpaired) electrons. The third-order valence-corrected chi connectivity index (χ3v) is 10.7. The Morgan fingerprint density at radius 2 is 1.00 bits per heavy atom. The molecule has 6 heteroatoms. The van der Waals surface area contributed by atoms with Crippen LogP contribution in [0.4, 0.5) is 0 Å². The molecular formula is C11H28O4Si2. The van der Waals surface area contributed by atoms with Crippen molar-refractivity contribution in [2.75, 3.05) is 26.4 Å². The number of rotatable bonds is 10. The normalized spacial score (nSPS) is 13.1. The Labute approximate surface area is 108 Å². The summed E-state index contributed by atoms with van der Waals surface area (Å²) in [6.45, 7) is 15.0. The molecule has 17 heavy (non-hydrogen) atoms. The highest BCUT2D eigenvalue weighted by Crippen LogP contribution is 2.24. The van der Waals surface area contributed by atoms with Crippen molar-refractivity contribution in [1.82, 2.24) is 0 Å². The van der Waals surface area contributed by atoms with Gasteiger partial charge in [0.15, 0.2) is 8.32 Å². The molecule has 0 bridgehead atoms. The van der Waals surface area contributed by atoms with Gasteiger partial charge in [0.05, 0.1) is 0 Å². The molecule has 0 aliphatic carbocycles. The molecule has 104 valence electrons. The Morgan fingerprint density at radius 1 is 0.647 bits per heavy atom. The summed E-state index contributed by atoms with van der Waals surface area (Å²) in [5.41, 5.74) is 0.823. The lowest BCUT2D eigenvalue weighted by Gasteiger charge is -2.34. The van der Waals surface area contributed by atoms with Crippen LogP contribution in [0, 0.1) is 0 Å². The van der Waals surface area contributed by atoms with E-state index in [9.17, 15) is 0 Å². The average molecular weight is 281 g/mol. The third kappa shape index (κ3) is 6.68. The van der Waals surface area contributed by atoms with Crippen molar-refractivity contribution in [1.29, 1.82) is 0 Å². The molecule has 0 rings (SSSR count). The highest BCUT2D eigenvalue weighted by atomic mass is 28.4. The van der Waals surface area contributed by atoms with E-state index in [4.69, 9.17) is 17.7 Å². The Balaban J connectivity index is 4.74. The summed E-state index contributed by atoms with van der Waals surface area (Å²) in [6, 6.07) is 0. The van der Waals surface area contributed by atoms with Gasteiger partial charge < -0.3 is 17.7 Å². The summed E-state index contributed by atoms with van der Waals surface area (Å²) < 4.78 is 23.4. The van der Waals surface area contributed by atoms with E-state index in [-0.39, 0.29) is 0 Å². The molecule has 0 aromatic rings. The summed E-state index contributed by atoms with van der Waals surface area (Å²) in [4.78, 5) is 0. The lowest BCUT2D eigenvalue weighted by Crippen LogP contribution is -2.53. The van der Waals surface area contributed by atoms with Crippen molar-refractivity contribution < 1.29 is 17.7 Å². The van der Waals surface area contributed by atoms with E-state index < -0.39 is 17.1 Å². The molecule has 0 aliphatic rings. The van der Waals surface area contributed by atoms with E-state index in [2.05, 4.69) is 13.1 Å². The van der Waals surface area contributed by atoms with Crippen LogP contribution in [0.15, 0.2) is 0 Å². The Hall–Kier alpha value is 0.274. The molecule has 0 saturated carbocycles. The Bertz CT molecular complexity index is 183. The van der Waals surface area contributed by atoms with E-state index in [0.29, 0.717) is 19.8 Å². The van der Waals surface area contributed by atoms with Gasteiger partial charge in [0.2, 0.25) is 0 Å². The van der Waals surface area contributed by atoms with Gasteiger partial charge in [-0.25, -0.2) is 0 Å². The Kier molecular flexibility index (Phi) is 8.52. The largest absolute Gasteiger partial charge is 0.500 e. The standard InChI is InChI=1S/C11H28O4Si2/c1-7-12-16(5,6)11-17(13-8-2,14-9-3)15-10-4/h7-11H2,1-6H3. The van der Waals surface area contributed by atoms with Gasteiger partial charge >= 0.3 is 8.80 Å². The van der Waals surface area contributed by atoms with Gasteiger partial charge in [-0.05, 0) is 40.8 Å². The molecule has 0 aromatic carbocycles. The van der Waals surface area contributed by atoms with Crippen LogP contribution in [-0.2, 0) is 17.7 Å². The van der Waals surface area contributed by atoms with Crippen molar-refractivity contribution in [2.45, 2.75) is 46.5 Å². The molecule has 0 spiro atoms. The molecule has 0 amide bonds. The predicted octanol–water partition coefficient (Wildman–Crippen LogP) is 2.82. The second-order valence-corrected chi connectivity index (χ2v) is 11.8. The number of hydrogen-bond acceptors (Lipinski definition) is 4. The van der Waals surface area contributed by atoms with Crippen LogP contribution >= 0.6 is 0 Å². The van der Waals surface area contributed by atoms with Gasteiger partial charge in [-0.2, -0.15) is 0 Å². The predicted molar refractivity (Wildman–Crippen MR) is 74.5 cm³/mol. The first-order valence-corrected chi connectivity index (χ1v) is 11.6. The van der Waals surface area contributed by atoms with Crippen molar-refractivity contribution in [3.8, 4) is 0 Å². The van der Waals surface area contributed by atoms with Crippen LogP contribution in [0.25, 0.3) is 0 Å². The molecule has 4 nitrogen and oxygen atoms in total. The summed E-state index contributed by atoms with van der Waals surface area (Å²) in [5, 5.41) is 0. The molecule has 0 unspecified atom stereocenters. The van der Waals surface area contributed by atoms with Gasteiger partial charge in [-0.1, -0.05) is 0 Å². The maximum absolute atomic E-state index is 5.86. The zero-order chi connectivity index (χ0) is 13.4. The van der Waals surface area contributed by atoms with Gasteiger partial charge in [-0.15, -0.1) is 0 Å². The highest BCUT2D eigenvalue weighted by molar-refractivity contribution is 6.85. The highest BCUT2D eigenvalue weighted by Gasteiger charge is 2.47. The van der Waals surface area contributed by atoms with Gasteiger partial charge in [0.25, 0.3) is 0 Å². The topological polar surface area (TPSA) is 36.9 Å². The van der Waals surface area contributed by atoms with Crippen molar-refractivity contribution in [3.63, 3.8) is 0 Å². The molecule has 0 N–H and O–H groups in total. The van der Waals surface area contributed by atoms with Crippen LogP contribution < -0.4 is 0 Å². The zero-order valence-electron chi connectivity index (χ0n) is 12.2. The second-order valence-electron chi connectivity index (χ2n) is 4.35. The summed E-state index contributed by atoms with van der Waals surface area (Å²) in [6.07, 6.45) is 0. The van der Waals surface area contributed by atoms with Crippen LogP contribution in [0.1, 0.15) is 27.7 Å². The van der Waals surface area contributed by atoms with Crippen LogP contribution in [0.5, 0.6) is 0 Å². The van der Waals surface area contributed by atoms with Crippen LogP contribution in [0.3, 0.4) is 0 Å². The number of hydrogen-bond donors (Lipinski definition) is 0. The second kappa shape index (κ2) is 8.39. The van der Waals surface area contributed by atoms with E-state index in [1.807, 2.05) is 27.7 Å². The SMILES string of the molecule is CCO[Si](C)(C)C[Si](OCC)(OCC)OCC. The first kappa shape index (κ1) is 17.3. The van der Waals surface area contributed by atoms with Crippen LogP contribution in [-0.4, -0.2) is 43.5 Å². The zero-order valence-corrected chi connectivity index (χ0v) is 14.2. The van der Waals surface area contributed by atoms with E-state index in [1.165, 1.54) is 0 Å². The molecular weight excluding hydrogens is 252 g/mol. The maximum Gasteiger partial charge on any atom is 0.500 e. The van der Waals surface area contributed by atoms with Crippen molar-refractivity contribution >= 4 is 17.1 Å². The summed E-state index contributed by atoms with van der Waals surface area (Å²) in [7, 11) is -4.30. The Morgan fingerprint density at radius 3 is 1.29 bits per heavy atom. The minimum atomic E-state index is -2.53. The minimum Gasteiger partial charge on any atom is -0.418 e. The smallest absolute Gasteiger partial charge is 0.418 e. The fourth-order valence-electron chi connectivity index (χ4n) is 1.90. The van der Waals surface area contributed by atoms with Crippen molar-refractivity contribution in [2.24, 2.45) is 0 Å². The molecule has 0 atom stereocenters. The molecule has 0 heterocycles. The quantitative estimate of drug-likeness (QED) is 0.577. The van der Waals surface area contributed by atoms with Gasteiger partial charge in [0, 0.05) is 32.1 Å². The third-order valence-electron chi connectivity index (χ3n) is 2.27. The fraction of sp³-hybridized carbons (Fsp3) is 1.00. The molecule has 0 saturated heterocycles. The fourth-order valence-corrected chi connectivity index (χ4v) is 10.1. The van der Waals surface area contributed by atoms with E-state index in [1.54, 1.807) is 0 Å². The lowest BCUT2D eigenvalue weighted by molar-refractivity contribution is 0.0742. The molecule has 0 aromatic heterocycles. The monoisotopic (exact) mass is 280 g/mol. The molecule has 0 aliphatic heterocycles. The van der Waals surface area contributed by atoms with Gasteiger partial charge in [0.1, 0.15) is 0 Å². The van der Waals surface area contributed by atoms with E-state index >= 15 is 0 Å². The average Bonchev–Trinajstić information content (AvgIpc) is 2.17.